The minimum atomic E-state index is -3.81. The molecule has 2 rings (SSSR count). The molecular weight excluding hydrogens is 411 g/mol. The van der Waals surface area contributed by atoms with Crippen molar-refractivity contribution in [1.29, 1.82) is 0 Å². The van der Waals surface area contributed by atoms with Crippen LogP contribution in [0.1, 0.15) is 13.3 Å². The number of methoxy groups -OCH3 is 1. The van der Waals surface area contributed by atoms with Gasteiger partial charge < -0.3 is 10.1 Å². The van der Waals surface area contributed by atoms with Crippen molar-refractivity contribution in [3.63, 3.8) is 0 Å². The van der Waals surface area contributed by atoms with Gasteiger partial charge in [-0.2, -0.15) is 0 Å². The van der Waals surface area contributed by atoms with Gasteiger partial charge >= 0.3 is 0 Å². The largest absolute Gasteiger partial charge is 0.495 e. The fraction of sp³-hybridized carbons (Fsp3) is 0.278. The van der Waals surface area contributed by atoms with Crippen LogP contribution in [-0.2, 0) is 14.8 Å². The normalized spacial score (nSPS) is 12.3. The zero-order valence-corrected chi connectivity index (χ0v) is 17.4. The average Bonchev–Trinajstić information content (AvgIpc) is 2.60. The number of nitrogens with zero attached hydrogens (tertiary/aromatic N) is 1. The number of ether oxygens (including phenoxy) is 1. The summed E-state index contributed by atoms with van der Waals surface area (Å²) in [4.78, 5) is 12.9. The molecule has 146 valence electrons. The molecule has 0 aliphatic carbocycles. The number of amides is 1. The first kappa shape index (κ1) is 21.3. The van der Waals surface area contributed by atoms with Gasteiger partial charge in [0.1, 0.15) is 11.8 Å². The van der Waals surface area contributed by atoms with Gasteiger partial charge in [0, 0.05) is 15.7 Å². The second-order valence-electron chi connectivity index (χ2n) is 5.80. The van der Waals surface area contributed by atoms with Crippen LogP contribution in [0.25, 0.3) is 0 Å². The molecule has 2 aromatic carbocycles. The van der Waals surface area contributed by atoms with Crippen molar-refractivity contribution in [3.05, 3.63) is 52.5 Å². The molecule has 0 bridgehead atoms. The molecule has 0 aliphatic heterocycles. The van der Waals surface area contributed by atoms with E-state index in [-0.39, 0.29) is 12.1 Å². The fourth-order valence-electron chi connectivity index (χ4n) is 2.63. The Kier molecular flexibility index (Phi) is 6.97. The van der Waals surface area contributed by atoms with Gasteiger partial charge in [-0.25, -0.2) is 8.42 Å². The predicted molar refractivity (Wildman–Crippen MR) is 109 cm³/mol. The van der Waals surface area contributed by atoms with E-state index in [1.807, 2.05) is 0 Å². The van der Waals surface area contributed by atoms with Gasteiger partial charge in [-0.3, -0.25) is 9.10 Å². The van der Waals surface area contributed by atoms with Crippen LogP contribution in [0, 0.1) is 0 Å². The monoisotopic (exact) mass is 430 g/mol. The number of hydrogen-bond acceptors (Lipinski definition) is 4. The number of rotatable bonds is 7. The van der Waals surface area contributed by atoms with Crippen molar-refractivity contribution in [1.82, 2.24) is 0 Å². The summed E-state index contributed by atoms with van der Waals surface area (Å²) >= 11 is 11.9. The van der Waals surface area contributed by atoms with E-state index in [0.29, 0.717) is 21.5 Å². The van der Waals surface area contributed by atoms with Gasteiger partial charge in [0.2, 0.25) is 15.9 Å². The molecule has 0 fully saturated rings. The molecule has 1 N–H and O–H groups in total. The standard InChI is InChI=1S/C18H20Cl2N2O4S/c1-4-15(18(23)21-14-8-5-12(19)6-9-14)22(27(3,24)25)16-11-13(20)7-10-17(16)26-2/h5-11,15H,4H2,1-3H3,(H,21,23)/t15-/m1/s1. The Labute approximate surface area is 169 Å². The van der Waals surface area contributed by atoms with E-state index in [1.165, 1.54) is 13.2 Å². The van der Waals surface area contributed by atoms with Crippen molar-refractivity contribution in [2.24, 2.45) is 0 Å². The molecule has 0 unspecified atom stereocenters. The van der Waals surface area contributed by atoms with Crippen molar-refractivity contribution >= 4 is 50.5 Å². The summed E-state index contributed by atoms with van der Waals surface area (Å²) in [5, 5.41) is 3.57. The summed E-state index contributed by atoms with van der Waals surface area (Å²) in [6.45, 7) is 1.72. The lowest BCUT2D eigenvalue weighted by Crippen LogP contribution is -2.47. The highest BCUT2D eigenvalue weighted by molar-refractivity contribution is 7.92. The molecule has 1 atom stereocenters. The third kappa shape index (κ3) is 5.28. The number of halogens is 2. The first-order valence-corrected chi connectivity index (χ1v) is 10.7. The van der Waals surface area contributed by atoms with Crippen molar-refractivity contribution < 1.29 is 17.9 Å². The van der Waals surface area contributed by atoms with E-state index in [9.17, 15) is 13.2 Å². The van der Waals surface area contributed by atoms with Crippen molar-refractivity contribution in [2.45, 2.75) is 19.4 Å². The Morgan fingerprint density at radius 3 is 2.26 bits per heavy atom. The van der Waals surface area contributed by atoms with Crippen molar-refractivity contribution in [3.8, 4) is 5.75 Å². The minimum absolute atomic E-state index is 0.200. The summed E-state index contributed by atoms with van der Waals surface area (Å²) in [5.41, 5.74) is 0.708. The number of hydrogen-bond donors (Lipinski definition) is 1. The highest BCUT2D eigenvalue weighted by Gasteiger charge is 2.33. The SMILES string of the molecule is CC[C@H](C(=O)Nc1ccc(Cl)cc1)N(c1cc(Cl)ccc1OC)S(C)(=O)=O. The molecule has 0 saturated carbocycles. The van der Waals surface area contributed by atoms with Crippen molar-refractivity contribution in [2.75, 3.05) is 23.0 Å². The number of sulfonamides is 1. The highest BCUT2D eigenvalue weighted by Crippen LogP contribution is 2.35. The summed E-state index contributed by atoms with van der Waals surface area (Å²) in [6.07, 6.45) is 1.27. The van der Waals surface area contributed by atoms with Crippen LogP contribution < -0.4 is 14.4 Å². The lowest BCUT2D eigenvalue weighted by Gasteiger charge is -2.31. The van der Waals surface area contributed by atoms with E-state index >= 15 is 0 Å². The van der Waals surface area contributed by atoms with E-state index in [1.54, 1.807) is 43.3 Å². The lowest BCUT2D eigenvalue weighted by molar-refractivity contribution is -0.117. The Morgan fingerprint density at radius 1 is 1.15 bits per heavy atom. The summed E-state index contributed by atoms with van der Waals surface area (Å²) in [6, 6.07) is 10.1. The van der Waals surface area contributed by atoms with Crippen LogP contribution >= 0.6 is 23.2 Å². The summed E-state index contributed by atoms with van der Waals surface area (Å²) < 4.78 is 31.4. The van der Waals surface area contributed by atoms with Crippen LogP contribution in [0.3, 0.4) is 0 Å². The molecule has 0 aliphatic rings. The maximum atomic E-state index is 12.9. The molecule has 2 aromatic rings. The first-order chi connectivity index (χ1) is 12.7. The van der Waals surface area contributed by atoms with Gasteiger partial charge in [-0.05, 0) is 48.9 Å². The number of carbonyl (C=O) groups excluding carboxylic acids is 1. The Balaban J connectivity index is 2.46. The van der Waals surface area contributed by atoms with Crippen LogP contribution in [0.4, 0.5) is 11.4 Å². The molecule has 0 heterocycles. The molecule has 0 spiro atoms. The molecule has 6 nitrogen and oxygen atoms in total. The topological polar surface area (TPSA) is 75.7 Å². The second-order valence-corrected chi connectivity index (χ2v) is 8.53. The Morgan fingerprint density at radius 2 is 1.74 bits per heavy atom. The summed E-state index contributed by atoms with van der Waals surface area (Å²) in [7, 11) is -2.39. The quantitative estimate of drug-likeness (QED) is 0.714. The zero-order valence-electron chi connectivity index (χ0n) is 15.1. The molecule has 0 radical (unpaired) electrons. The Hall–Kier alpha value is -1.96. The molecule has 0 aromatic heterocycles. The molecule has 27 heavy (non-hydrogen) atoms. The minimum Gasteiger partial charge on any atom is -0.495 e. The average molecular weight is 431 g/mol. The predicted octanol–water partition coefficient (Wildman–Crippen LogP) is 4.19. The van der Waals surface area contributed by atoms with E-state index in [4.69, 9.17) is 27.9 Å². The van der Waals surface area contributed by atoms with Crippen LogP contribution in [0.15, 0.2) is 42.5 Å². The van der Waals surface area contributed by atoms with Crippen LogP contribution in [0.2, 0.25) is 10.0 Å². The second kappa shape index (κ2) is 8.82. The molecular formula is C18H20Cl2N2O4S. The zero-order chi connectivity index (χ0) is 20.2. The molecule has 0 saturated heterocycles. The van der Waals surface area contributed by atoms with Gasteiger partial charge in [-0.1, -0.05) is 30.1 Å². The van der Waals surface area contributed by atoms with Crippen LogP contribution in [-0.4, -0.2) is 33.7 Å². The van der Waals surface area contributed by atoms with E-state index in [0.717, 1.165) is 10.6 Å². The highest BCUT2D eigenvalue weighted by atomic mass is 35.5. The number of benzene rings is 2. The maximum absolute atomic E-state index is 12.9. The van der Waals surface area contributed by atoms with Gasteiger partial charge in [0.25, 0.3) is 0 Å². The third-order valence-electron chi connectivity index (χ3n) is 3.82. The van der Waals surface area contributed by atoms with Gasteiger partial charge in [0.15, 0.2) is 0 Å². The van der Waals surface area contributed by atoms with E-state index < -0.39 is 22.0 Å². The smallest absolute Gasteiger partial charge is 0.248 e. The van der Waals surface area contributed by atoms with E-state index in [2.05, 4.69) is 5.32 Å². The van der Waals surface area contributed by atoms with Gasteiger partial charge in [0.05, 0.1) is 19.1 Å². The number of nitrogens with one attached hydrogen (secondary N) is 1. The maximum Gasteiger partial charge on any atom is 0.248 e. The number of carbonyl (C=O) groups is 1. The fourth-order valence-corrected chi connectivity index (χ4v) is 4.13. The lowest BCUT2D eigenvalue weighted by atomic mass is 10.1. The molecule has 9 heteroatoms. The number of anilines is 2. The van der Waals surface area contributed by atoms with Gasteiger partial charge in [-0.15, -0.1) is 0 Å². The van der Waals surface area contributed by atoms with Crippen LogP contribution in [0.5, 0.6) is 5.75 Å². The molecule has 1 amide bonds. The first-order valence-electron chi connectivity index (χ1n) is 8.06. The summed E-state index contributed by atoms with van der Waals surface area (Å²) in [5.74, 6) is -0.185. The Bertz CT molecular complexity index is 917. The third-order valence-corrected chi connectivity index (χ3v) is 5.47.